The summed E-state index contributed by atoms with van der Waals surface area (Å²) in [6.45, 7) is 1.83. The topological polar surface area (TPSA) is 73.9 Å². The number of ketones is 1. The number of nitrogens with one attached hydrogen (secondary N) is 1. The van der Waals surface area contributed by atoms with Crippen molar-refractivity contribution < 1.29 is 23.8 Å². The molecule has 0 bridgehead atoms. The highest BCUT2D eigenvalue weighted by atomic mass is 16.5. The minimum absolute atomic E-state index is 0.0440. The molecule has 1 heterocycles. The van der Waals surface area contributed by atoms with Gasteiger partial charge in [0.1, 0.15) is 11.5 Å². The fourth-order valence-electron chi connectivity index (χ4n) is 3.74. The van der Waals surface area contributed by atoms with Gasteiger partial charge in [0, 0.05) is 29.0 Å². The minimum atomic E-state index is -0.545. The number of carbonyl (C=O) groups excluding carboxylic acids is 2. The van der Waals surface area contributed by atoms with Crippen LogP contribution in [0.25, 0.3) is 0 Å². The first-order valence-electron chi connectivity index (χ1n) is 8.56. The van der Waals surface area contributed by atoms with Crippen LogP contribution in [-0.2, 0) is 14.3 Å². The Labute approximate surface area is 152 Å². The molecule has 3 rings (SSSR count). The van der Waals surface area contributed by atoms with Crippen molar-refractivity contribution >= 4 is 11.8 Å². The molecule has 1 aliphatic carbocycles. The van der Waals surface area contributed by atoms with Crippen LogP contribution in [0.3, 0.4) is 0 Å². The Bertz CT molecular complexity index is 821. The van der Waals surface area contributed by atoms with Crippen LogP contribution in [0.1, 0.15) is 37.7 Å². The standard InChI is InChI=1S/C20H23NO5/c1-11-17(20(23)26-4)18(19-14(21-11)6-5-7-15(19)22)13-10-12(24-2)8-9-16(13)25-3/h8-10,18,21H,5-7H2,1-4H3/t18-/m1/s1. The van der Waals surface area contributed by atoms with Crippen LogP contribution in [0.4, 0.5) is 0 Å². The van der Waals surface area contributed by atoms with Crippen molar-refractivity contribution in [3.05, 3.63) is 46.3 Å². The number of rotatable bonds is 4. The van der Waals surface area contributed by atoms with Crippen molar-refractivity contribution in [3.8, 4) is 11.5 Å². The Kier molecular flexibility index (Phi) is 5.02. The van der Waals surface area contributed by atoms with Crippen LogP contribution in [0.2, 0.25) is 0 Å². The summed E-state index contributed by atoms with van der Waals surface area (Å²) < 4.78 is 15.9. The molecule has 0 radical (unpaired) electrons. The van der Waals surface area contributed by atoms with Crippen molar-refractivity contribution in [2.75, 3.05) is 21.3 Å². The van der Waals surface area contributed by atoms with Crippen molar-refractivity contribution in [2.24, 2.45) is 0 Å². The molecular formula is C20H23NO5. The second-order valence-corrected chi connectivity index (χ2v) is 6.37. The van der Waals surface area contributed by atoms with Gasteiger partial charge >= 0.3 is 5.97 Å². The normalized spacial score (nSPS) is 19.7. The molecular weight excluding hydrogens is 334 g/mol. The third-order valence-corrected chi connectivity index (χ3v) is 4.93. The van der Waals surface area contributed by atoms with Gasteiger partial charge in [-0.1, -0.05) is 0 Å². The Morgan fingerprint density at radius 3 is 2.58 bits per heavy atom. The van der Waals surface area contributed by atoms with Gasteiger partial charge in [-0.2, -0.15) is 0 Å². The average molecular weight is 357 g/mol. The Morgan fingerprint density at radius 2 is 1.92 bits per heavy atom. The lowest BCUT2D eigenvalue weighted by Crippen LogP contribution is -2.34. The van der Waals surface area contributed by atoms with Gasteiger partial charge in [-0.3, -0.25) is 4.79 Å². The van der Waals surface area contributed by atoms with E-state index in [9.17, 15) is 9.59 Å². The highest BCUT2D eigenvalue weighted by Crippen LogP contribution is 2.46. The zero-order valence-corrected chi connectivity index (χ0v) is 15.5. The molecule has 2 aliphatic rings. The number of hydrogen-bond donors (Lipinski definition) is 1. The van der Waals surface area contributed by atoms with Crippen molar-refractivity contribution in [1.29, 1.82) is 0 Å². The van der Waals surface area contributed by atoms with E-state index in [0.717, 1.165) is 24.1 Å². The molecule has 0 unspecified atom stereocenters. The van der Waals surface area contributed by atoms with Gasteiger partial charge < -0.3 is 19.5 Å². The Balaban J connectivity index is 2.27. The fourth-order valence-corrected chi connectivity index (χ4v) is 3.74. The third kappa shape index (κ3) is 2.96. The fraction of sp³-hybridized carbons (Fsp3) is 0.400. The third-order valence-electron chi connectivity index (χ3n) is 4.93. The lowest BCUT2D eigenvalue weighted by molar-refractivity contribution is -0.136. The van der Waals surface area contributed by atoms with E-state index in [1.165, 1.54) is 7.11 Å². The van der Waals surface area contributed by atoms with E-state index in [2.05, 4.69) is 5.32 Å². The molecule has 0 aromatic heterocycles. The van der Waals surface area contributed by atoms with E-state index in [0.29, 0.717) is 34.8 Å². The molecule has 1 atom stereocenters. The molecule has 6 nitrogen and oxygen atoms in total. The highest BCUT2D eigenvalue weighted by molar-refractivity contribution is 6.04. The lowest BCUT2D eigenvalue weighted by atomic mass is 9.75. The van der Waals surface area contributed by atoms with Gasteiger partial charge in [0.2, 0.25) is 0 Å². The minimum Gasteiger partial charge on any atom is -0.497 e. The van der Waals surface area contributed by atoms with Crippen LogP contribution in [0.5, 0.6) is 11.5 Å². The summed E-state index contributed by atoms with van der Waals surface area (Å²) in [7, 11) is 4.49. The maximum Gasteiger partial charge on any atom is 0.336 e. The summed E-state index contributed by atoms with van der Waals surface area (Å²) in [4.78, 5) is 25.4. The molecule has 26 heavy (non-hydrogen) atoms. The van der Waals surface area contributed by atoms with Crippen LogP contribution in [0, 0.1) is 0 Å². The van der Waals surface area contributed by atoms with Crippen molar-refractivity contribution in [2.45, 2.75) is 32.1 Å². The van der Waals surface area contributed by atoms with E-state index in [-0.39, 0.29) is 5.78 Å². The molecule has 1 aromatic rings. The van der Waals surface area contributed by atoms with E-state index >= 15 is 0 Å². The zero-order chi connectivity index (χ0) is 18.8. The summed E-state index contributed by atoms with van der Waals surface area (Å²) >= 11 is 0. The van der Waals surface area contributed by atoms with Crippen molar-refractivity contribution in [1.82, 2.24) is 5.32 Å². The Morgan fingerprint density at radius 1 is 1.15 bits per heavy atom. The number of esters is 1. The predicted molar refractivity (Wildman–Crippen MR) is 96.0 cm³/mol. The molecule has 1 N–H and O–H groups in total. The van der Waals surface area contributed by atoms with Crippen LogP contribution < -0.4 is 14.8 Å². The SMILES string of the molecule is COC(=O)C1=C(C)NC2=C(C(=O)CCC2)[C@@H]1c1cc(OC)ccc1OC. The molecule has 138 valence electrons. The molecule has 0 spiro atoms. The number of carbonyl (C=O) groups is 2. The number of dihydropyridines is 1. The quantitative estimate of drug-likeness (QED) is 0.836. The monoisotopic (exact) mass is 357 g/mol. The van der Waals surface area contributed by atoms with Gasteiger partial charge in [0.05, 0.1) is 32.8 Å². The van der Waals surface area contributed by atoms with Crippen LogP contribution >= 0.6 is 0 Å². The van der Waals surface area contributed by atoms with Gasteiger partial charge in [-0.15, -0.1) is 0 Å². The number of methoxy groups -OCH3 is 3. The number of allylic oxidation sites excluding steroid dienone is 3. The first-order chi connectivity index (χ1) is 12.5. The van der Waals surface area contributed by atoms with E-state index in [1.54, 1.807) is 26.4 Å². The highest BCUT2D eigenvalue weighted by Gasteiger charge is 2.40. The molecule has 1 aromatic carbocycles. The van der Waals surface area contributed by atoms with E-state index in [1.807, 2.05) is 13.0 Å². The molecule has 0 fully saturated rings. The maximum atomic E-state index is 12.8. The summed E-state index contributed by atoms with van der Waals surface area (Å²) in [5, 5.41) is 3.25. The largest absolute Gasteiger partial charge is 0.497 e. The molecule has 1 aliphatic heterocycles. The number of benzene rings is 1. The zero-order valence-electron chi connectivity index (χ0n) is 15.5. The van der Waals surface area contributed by atoms with Gasteiger partial charge in [0.15, 0.2) is 5.78 Å². The first-order valence-corrected chi connectivity index (χ1v) is 8.56. The number of ether oxygens (including phenoxy) is 3. The smallest absolute Gasteiger partial charge is 0.336 e. The van der Waals surface area contributed by atoms with Crippen LogP contribution in [0.15, 0.2) is 40.7 Å². The summed E-state index contributed by atoms with van der Waals surface area (Å²) in [5.74, 6) is 0.262. The van der Waals surface area contributed by atoms with E-state index < -0.39 is 11.9 Å². The van der Waals surface area contributed by atoms with Crippen molar-refractivity contribution in [3.63, 3.8) is 0 Å². The maximum absolute atomic E-state index is 12.8. The summed E-state index contributed by atoms with van der Waals surface area (Å²) in [5.41, 5.74) is 3.33. The first kappa shape index (κ1) is 18.0. The average Bonchev–Trinajstić information content (AvgIpc) is 2.66. The second-order valence-electron chi connectivity index (χ2n) is 6.37. The predicted octanol–water partition coefficient (Wildman–Crippen LogP) is 2.84. The summed E-state index contributed by atoms with van der Waals surface area (Å²) in [6.07, 6.45) is 2.04. The molecule has 6 heteroatoms. The number of hydrogen-bond acceptors (Lipinski definition) is 6. The van der Waals surface area contributed by atoms with Gasteiger partial charge in [0.25, 0.3) is 0 Å². The second kappa shape index (κ2) is 7.23. The Hall–Kier alpha value is -2.76. The molecule has 0 amide bonds. The van der Waals surface area contributed by atoms with Crippen LogP contribution in [-0.4, -0.2) is 33.1 Å². The molecule has 0 saturated heterocycles. The van der Waals surface area contributed by atoms with E-state index in [4.69, 9.17) is 14.2 Å². The lowest BCUT2D eigenvalue weighted by Gasteiger charge is -2.34. The number of Topliss-reactive ketones (excluding diaryl/α,β-unsaturated/α-hetero) is 1. The summed E-state index contributed by atoms with van der Waals surface area (Å²) in [6, 6.07) is 5.39. The van der Waals surface area contributed by atoms with Gasteiger partial charge in [-0.05, 0) is 38.0 Å². The molecule has 0 saturated carbocycles. The van der Waals surface area contributed by atoms with Gasteiger partial charge in [-0.25, -0.2) is 4.79 Å².